The summed E-state index contributed by atoms with van der Waals surface area (Å²) < 4.78 is 0. The fourth-order valence-electron chi connectivity index (χ4n) is 3.13. The molecule has 2 atom stereocenters. The van der Waals surface area contributed by atoms with Crippen LogP contribution in [0, 0.1) is 0 Å². The maximum atomic E-state index is 12.6. The summed E-state index contributed by atoms with van der Waals surface area (Å²) in [6.07, 6.45) is 0. The van der Waals surface area contributed by atoms with Gasteiger partial charge in [0.2, 0.25) is 5.91 Å². The smallest absolute Gasteiger partial charge is 0.270 e. The summed E-state index contributed by atoms with van der Waals surface area (Å²) in [4.78, 5) is 35.5. The number of benzene rings is 2. The lowest BCUT2D eigenvalue weighted by Gasteiger charge is -2.30. The molecule has 2 aromatic rings. The van der Waals surface area contributed by atoms with E-state index in [1.165, 1.54) is 11.8 Å². The predicted octanol–water partition coefficient (Wildman–Crippen LogP) is 3.10. The maximum Gasteiger partial charge on any atom is 0.270 e. The molecule has 6 nitrogen and oxygen atoms in total. The highest BCUT2D eigenvalue weighted by molar-refractivity contribution is 8.14. The maximum absolute atomic E-state index is 12.6. The Bertz CT molecular complexity index is 987. The van der Waals surface area contributed by atoms with Gasteiger partial charge in [0.15, 0.2) is 5.17 Å². The monoisotopic (exact) mass is 392 g/mol. The van der Waals surface area contributed by atoms with Gasteiger partial charge in [0.1, 0.15) is 11.9 Å². The summed E-state index contributed by atoms with van der Waals surface area (Å²) in [6, 6.07) is 17.0. The molecular formula is C21H20N4O2S. The molecule has 0 saturated heterocycles. The zero-order valence-electron chi connectivity index (χ0n) is 15.6. The van der Waals surface area contributed by atoms with Gasteiger partial charge in [-0.15, -0.1) is 0 Å². The van der Waals surface area contributed by atoms with Gasteiger partial charge in [-0.1, -0.05) is 54.2 Å². The van der Waals surface area contributed by atoms with Crippen molar-refractivity contribution >= 4 is 40.3 Å². The van der Waals surface area contributed by atoms with Gasteiger partial charge < -0.3 is 5.32 Å². The lowest BCUT2D eigenvalue weighted by atomic mass is 10.1. The van der Waals surface area contributed by atoms with E-state index in [-0.39, 0.29) is 17.1 Å². The average molecular weight is 392 g/mol. The number of thioether (sulfide) groups is 1. The Morgan fingerprint density at radius 3 is 2.64 bits per heavy atom. The third-order valence-electron chi connectivity index (χ3n) is 4.72. The number of hydrogen-bond donors (Lipinski definition) is 1. The Morgan fingerprint density at radius 2 is 1.86 bits per heavy atom. The number of carbonyl (C=O) groups excluding carboxylic acids is 2. The van der Waals surface area contributed by atoms with Crippen LogP contribution in [0.1, 0.15) is 25.0 Å². The van der Waals surface area contributed by atoms with Gasteiger partial charge in [0.25, 0.3) is 5.91 Å². The van der Waals surface area contributed by atoms with Crippen LogP contribution in [0.2, 0.25) is 0 Å². The molecule has 0 radical (unpaired) electrons. The molecule has 142 valence electrons. The Morgan fingerprint density at radius 1 is 1.14 bits per heavy atom. The van der Waals surface area contributed by atoms with Crippen LogP contribution < -0.4 is 5.32 Å². The molecule has 4 rings (SSSR count). The summed E-state index contributed by atoms with van der Waals surface area (Å²) in [5, 5.41) is 3.22. The van der Waals surface area contributed by atoms with Crippen LogP contribution in [0.3, 0.4) is 0 Å². The quantitative estimate of drug-likeness (QED) is 0.868. The minimum atomic E-state index is -0.422. The molecular weight excluding hydrogens is 372 g/mol. The van der Waals surface area contributed by atoms with E-state index in [9.17, 15) is 9.59 Å². The summed E-state index contributed by atoms with van der Waals surface area (Å²) >= 11 is 1.34. The van der Waals surface area contributed by atoms with Crippen LogP contribution in [-0.4, -0.2) is 39.0 Å². The van der Waals surface area contributed by atoms with Crippen molar-refractivity contribution in [3.63, 3.8) is 0 Å². The van der Waals surface area contributed by atoms with Crippen LogP contribution in [0.25, 0.3) is 0 Å². The Hall–Kier alpha value is -2.93. The zero-order chi connectivity index (χ0) is 19.7. The highest BCUT2D eigenvalue weighted by Gasteiger charge is 2.40. The molecule has 0 fully saturated rings. The van der Waals surface area contributed by atoms with E-state index in [1.807, 2.05) is 73.3 Å². The molecule has 0 spiro atoms. The van der Waals surface area contributed by atoms with Crippen molar-refractivity contribution < 1.29 is 9.59 Å². The summed E-state index contributed by atoms with van der Waals surface area (Å²) in [5.74, 6) is 0.343. The van der Waals surface area contributed by atoms with E-state index < -0.39 is 6.04 Å². The first-order valence-corrected chi connectivity index (χ1v) is 10.0. The van der Waals surface area contributed by atoms with Crippen LogP contribution in [-0.2, 0) is 16.1 Å². The molecule has 0 aromatic heterocycles. The van der Waals surface area contributed by atoms with Gasteiger partial charge in [0.05, 0.1) is 10.9 Å². The lowest BCUT2D eigenvalue weighted by Crippen LogP contribution is -2.43. The first kappa shape index (κ1) is 18.4. The molecule has 2 aromatic carbocycles. The van der Waals surface area contributed by atoms with Crippen molar-refractivity contribution in [3.8, 4) is 0 Å². The lowest BCUT2D eigenvalue weighted by molar-refractivity contribution is -0.120. The number of carbonyl (C=O) groups is 2. The molecule has 2 amide bonds. The highest BCUT2D eigenvalue weighted by Crippen LogP contribution is 2.35. The van der Waals surface area contributed by atoms with Crippen LogP contribution in [0.4, 0.5) is 5.69 Å². The van der Waals surface area contributed by atoms with Crippen molar-refractivity contribution in [2.24, 2.45) is 9.98 Å². The van der Waals surface area contributed by atoms with Crippen molar-refractivity contribution in [1.82, 2.24) is 10.2 Å². The van der Waals surface area contributed by atoms with E-state index in [0.29, 0.717) is 17.5 Å². The fourth-order valence-corrected chi connectivity index (χ4v) is 4.15. The molecule has 0 aliphatic carbocycles. The van der Waals surface area contributed by atoms with Crippen molar-refractivity contribution in [1.29, 1.82) is 0 Å². The first-order chi connectivity index (χ1) is 13.5. The van der Waals surface area contributed by atoms with Gasteiger partial charge in [-0.05, 0) is 31.5 Å². The Kier molecular flexibility index (Phi) is 5.00. The zero-order valence-corrected chi connectivity index (χ0v) is 16.4. The number of aliphatic imine (C=N–C) groups is 2. The highest BCUT2D eigenvalue weighted by atomic mass is 32.2. The summed E-state index contributed by atoms with van der Waals surface area (Å²) in [7, 11) is 0. The van der Waals surface area contributed by atoms with Crippen LogP contribution in [0.15, 0.2) is 64.6 Å². The van der Waals surface area contributed by atoms with E-state index in [2.05, 4.69) is 10.3 Å². The van der Waals surface area contributed by atoms with E-state index in [4.69, 9.17) is 4.99 Å². The van der Waals surface area contributed by atoms with Gasteiger partial charge >= 0.3 is 0 Å². The molecule has 1 N–H and O–H groups in total. The third kappa shape index (κ3) is 3.45. The standard InChI is InChI=1S/C21H20N4O2S/c1-13-19(26)24-18-16-10-6-7-11-17(16)23-21(25(13)18)28-14(2)20(27)22-12-15-8-4-3-5-9-15/h3-11,13-14H,12H2,1-2H3,(H,22,27). The fraction of sp³-hybridized carbons (Fsp3) is 0.238. The molecule has 7 heteroatoms. The second kappa shape index (κ2) is 7.59. The minimum absolute atomic E-state index is 0.0768. The number of amides is 2. The number of rotatable bonds is 4. The van der Waals surface area contributed by atoms with E-state index in [1.54, 1.807) is 0 Å². The predicted molar refractivity (Wildman–Crippen MR) is 112 cm³/mol. The molecule has 2 aliphatic rings. The van der Waals surface area contributed by atoms with E-state index in [0.717, 1.165) is 16.8 Å². The number of nitrogens with zero attached hydrogens (tertiary/aromatic N) is 3. The topological polar surface area (TPSA) is 74.1 Å². The van der Waals surface area contributed by atoms with Gasteiger partial charge in [0, 0.05) is 12.1 Å². The second-order valence-electron chi connectivity index (χ2n) is 6.69. The molecule has 0 bridgehead atoms. The molecule has 0 saturated carbocycles. The normalized spacial score (nSPS) is 18.7. The number of amidine groups is 2. The second-order valence-corrected chi connectivity index (χ2v) is 8.00. The first-order valence-electron chi connectivity index (χ1n) is 9.13. The third-order valence-corrected chi connectivity index (χ3v) is 5.78. The van der Waals surface area contributed by atoms with Gasteiger partial charge in [-0.3, -0.25) is 14.5 Å². The molecule has 2 heterocycles. The van der Waals surface area contributed by atoms with Gasteiger partial charge in [-0.2, -0.15) is 4.99 Å². The van der Waals surface area contributed by atoms with Crippen molar-refractivity contribution in [2.45, 2.75) is 31.7 Å². The molecule has 28 heavy (non-hydrogen) atoms. The van der Waals surface area contributed by atoms with Crippen LogP contribution in [0.5, 0.6) is 0 Å². The van der Waals surface area contributed by atoms with E-state index >= 15 is 0 Å². The number of hydrogen-bond acceptors (Lipinski definition) is 5. The number of para-hydroxylation sites is 1. The van der Waals surface area contributed by atoms with Gasteiger partial charge in [-0.25, -0.2) is 4.99 Å². The van der Waals surface area contributed by atoms with Crippen molar-refractivity contribution in [2.75, 3.05) is 0 Å². The molecule has 2 aliphatic heterocycles. The SMILES string of the molecule is CC(SC1=Nc2ccccc2C2=NC(=O)C(C)N12)C(=O)NCc1ccccc1. The number of nitrogens with one attached hydrogen (secondary N) is 1. The number of fused-ring (bicyclic) bond motifs is 3. The molecule has 2 unspecified atom stereocenters. The van der Waals surface area contributed by atoms with Crippen LogP contribution >= 0.6 is 11.8 Å². The Balaban J connectivity index is 1.52. The Labute approximate surface area is 167 Å². The minimum Gasteiger partial charge on any atom is -0.351 e. The summed E-state index contributed by atoms with van der Waals surface area (Å²) in [6.45, 7) is 4.13. The largest absolute Gasteiger partial charge is 0.351 e. The summed E-state index contributed by atoms with van der Waals surface area (Å²) in [5.41, 5.74) is 2.65. The average Bonchev–Trinajstić information content (AvgIpc) is 3.02. The van der Waals surface area contributed by atoms with Crippen molar-refractivity contribution in [3.05, 3.63) is 65.7 Å².